The van der Waals surface area contributed by atoms with E-state index in [1.807, 2.05) is 46.1 Å². The van der Waals surface area contributed by atoms with Crippen LogP contribution in [0.5, 0.6) is 5.75 Å². The van der Waals surface area contributed by atoms with E-state index in [9.17, 15) is 9.59 Å². The Morgan fingerprint density at radius 3 is 2.53 bits per heavy atom. The summed E-state index contributed by atoms with van der Waals surface area (Å²) < 4.78 is 16.2. The highest BCUT2D eigenvalue weighted by atomic mass is 35.5. The van der Waals surface area contributed by atoms with E-state index in [1.165, 1.54) is 28.6 Å². The van der Waals surface area contributed by atoms with Crippen molar-refractivity contribution in [3.8, 4) is 22.6 Å². The largest absolute Gasteiger partial charge is 0.495 e. The number of carbonyl (C=O) groups excluding carboxylic acids is 1. The predicted octanol–water partition coefficient (Wildman–Crippen LogP) is 5.68. The number of pyridine rings is 1. The molecule has 1 unspecified atom stereocenters. The van der Waals surface area contributed by atoms with E-state index in [2.05, 4.69) is 20.7 Å². The summed E-state index contributed by atoms with van der Waals surface area (Å²) in [6.45, 7) is 6.03. The van der Waals surface area contributed by atoms with Crippen molar-refractivity contribution in [1.82, 2.24) is 29.3 Å². The van der Waals surface area contributed by atoms with Crippen molar-refractivity contribution in [3.63, 3.8) is 0 Å². The summed E-state index contributed by atoms with van der Waals surface area (Å²) in [5.74, 6) is -0.0287. The highest BCUT2D eigenvalue weighted by Crippen LogP contribution is 2.35. The maximum Gasteiger partial charge on any atom is 0.252 e. The fourth-order valence-corrected chi connectivity index (χ4v) is 5.05. The first kappa shape index (κ1) is 30.3. The van der Waals surface area contributed by atoms with Crippen LogP contribution >= 0.6 is 23.2 Å². The van der Waals surface area contributed by atoms with E-state index < -0.39 is 17.2 Å². The van der Waals surface area contributed by atoms with Crippen LogP contribution in [0.25, 0.3) is 27.7 Å². The van der Waals surface area contributed by atoms with Gasteiger partial charge in [-0.05, 0) is 57.2 Å². The van der Waals surface area contributed by atoms with E-state index in [-0.39, 0.29) is 24.1 Å². The minimum atomic E-state index is -0.907. The number of benzene rings is 2. The third-order valence-corrected chi connectivity index (χ3v) is 7.08. The molecule has 0 spiro atoms. The average Bonchev–Trinajstić information content (AvgIpc) is 3.54. The Balaban J connectivity index is 1.55. The van der Waals surface area contributed by atoms with Crippen LogP contribution in [0.3, 0.4) is 0 Å². The number of hydrogen-bond acceptors (Lipinski definition) is 7. The maximum atomic E-state index is 13.8. The second kappa shape index (κ2) is 12.2. The van der Waals surface area contributed by atoms with Crippen LogP contribution in [0.15, 0.2) is 65.8 Å². The lowest BCUT2D eigenvalue weighted by molar-refractivity contribution is -0.120. The number of nitrogens with one attached hydrogen (secondary N) is 1. The normalized spacial score (nSPS) is 12.4. The number of rotatable bonds is 9. The van der Waals surface area contributed by atoms with Gasteiger partial charge in [0.25, 0.3) is 5.56 Å². The molecule has 5 rings (SSSR count). The molecular formula is C30H31Cl2N7O4. The zero-order valence-electron chi connectivity index (χ0n) is 24.3. The lowest BCUT2D eigenvalue weighted by Crippen LogP contribution is -2.34. The Labute approximate surface area is 257 Å². The molecule has 1 amide bonds. The number of methoxy groups -OCH3 is 1. The summed E-state index contributed by atoms with van der Waals surface area (Å²) in [7, 11) is 3.32. The average molecular weight is 625 g/mol. The lowest BCUT2D eigenvalue weighted by atomic mass is 10.0. The van der Waals surface area contributed by atoms with Gasteiger partial charge in [-0.1, -0.05) is 28.4 Å². The molecule has 0 fully saturated rings. The van der Waals surface area contributed by atoms with E-state index >= 15 is 0 Å². The number of aromatic nitrogens is 6. The third kappa shape index (κ3) is 6.90. The van der Waals surface area contributed by atoms with Gasteiger partial charge in [-0.3, -0.25) is 18.8 Å². The molecule has 1 N–H and O–H groups in total. The molecule has 43 heavy (non-hydrogen) atoms. The maximum absolute atomic E-state index is 13.8. The van der Waals surface area contributed by atoms with Gasteiger partial charge in [-0.25, -0.2) is 4.68 Å². The number of carbonyl (C=O) groups is 1. The van der Waals surface area contributed by atoms with Crippen molar-refractivity contribution < 1.29 is 14.3 Å². The molecule has 1 atom stereocenters. The summed E-state index contributed by atoms with van der Waals surface area (Å²) in [6.07, 6.45) is 5.17. The summed E-state index contributed by atoms with van der Waals surface area (Å²) in [5, 5.41) is 16.8. The zero-order valence-corrected chi connectivity index (χ0v) is 25.8. The van der Waals surface area contributed by atoms with Crippen LogP contribution in [0.2, 0.25) is 10.2 Å². The fraction of sp³-hybridized carbons (Fsp3) is 0.300. The molecular weight excluding hydrogens is 593 g/mol. The molecule has 0 saturated heterocycles. The number of hydrogen-bond donors (Lipinski definition) is 1. The highest BCUT2D eigenvalue weighted by molar-refractivity contribution is 6.31. The van der Waals surface area contributed by atoms with Gasteiger partial charge in [0.1, 0.15) is 11.8 Å². The highest BCUT2D eigenvalue weighted by Gasteiger charge is 2.26. The van der Waals surface area contributed by atoms with Gasteiger partial charge < -0.3 is 14.8 Å². The van der Waals surface area contributed by atoms with Crippen molar-refractivity contribution in [1.29, 1.82) is 0 Å². The standard InChI is InChI=1S/C30H31Cl2N7O4/c1-30(2,3)43-11-10-25(29(41)33-20-7-8-23-18(12-20)15-37(4)35-23)38-16-26(42-5)22(14-28(38)40)21-13-19(31)6-9-24(21)39-17-27(32)34-36-39/h6-9,12-17,25H,10-11H2,1-5H3,(H,33,41). The second-order valence-corrected chi connectivity index (χ2v) is 11.8. The predicted molar refractivity (Wildman–Crippen MR) is 166 cm³/mol. The number of ether oxygens (including phenoxy) is 2. The number of halogens is 2. The minimum Gasteiger partial charge on any atom is -0.495 e. The molecule has 0 aliphatic rings. The molecule has 0 aliphatic carbocycles. The number of amides is 1. The first-order valence-electron chi connectivity index (χ1n) is 13.5. The van der Waals surface area contributed by atoms with Crippen LogP contribution in [-0.2, 0) is 16.6 Å². The number of aryl methyl sites for hydroxylation is 1. The van der Waals surface area contributed by atoms with Crippen molar-refractivity contribution in [2.45, 2.75) is 38.8 Å². The van der Waals surface area contributed by atoms with Crippen LogP contribution in [0.1, 0.15) is 33.2 Å². The molecule has 2 aromatic carbocycles. The lowest BCUT2D eigenvalue weighted by Gasteiger charge is -2.24. The van der Waals surface area contributed by atoms with Gasteiger partial charge in [-0.15, -0.1) is 5.10 Å². The number of nitrogens with zero attached hydrogens (tertiary/aromatic N) is 6. The quantitative estimate of drug-likeness (QED) is 0.224. The Morgan fingerprint density at radius 1 is 1.05 bits per heavy atom. The molecule has 0 radical (unpaired) electrons. The number of anilines is 1. The van der Waals surface area contributed by atoms with Gasteiger partial charge >= 0.3 is 0 Å². The molecule has 0 bridgehead atoms. The van der Waals surface area contributed by atoms with E-state index in [4.69, 9.17) is 32.7 Å². The Hall–Kier alpha value is -4.19. The van der Waals surface area contributed by atoms with Crippen LogP contribution in [-0.4, -0.2) is 54.6 Å². The minimum absolute atomic E-state index is 0.206. The van der Waals surface area contributed by atoms with Gasteiger partial charge in [0, 0.05) is 59.6 Å². The topological polar surface area (TPSA) is 118 Å². The Kier molecular flexibility index (Phi) is 8.59. The van der Waals surface area contributed by atoms with Crippen molar-refractivity contribution >= 4 is 45.7 Å². The second-order valence-electron chi connectivity index (χ2n) is 11.0. The Bertz CT molecular complexity index is 1860. The fourth-order valence-electron chi connectivity index (χ4n) is 4.76. The Morgan fingerprint density at radius 2 is 1.84 bits per heavy atom. The third-order valence-electron chi connectivity index (χ3n) is 6.68. The van der Waals surface area contributed by atoms with Crippen LogP contribution in [0, 0.1) is 0 Å². The summed E-state index contributed by atoms with van der Waals surface area (Å²) >= 11 is 12.4. The molecule has 13 heteroatoms. The van der Waals surface area contributed by atoms with Gasteiger partial charge in [0.2, 0.25) is 5.91 Å². The monoisotopic (exact) mass is 623 g/mol. The van der Waals surface area contributed by atoms with E-state index in [1.54, 1.807) is 35.1 Å². The molecule has 0 saturated carbocycles. The number of fused-ring (bicyclic) bond motifs is 1. The van der Waals surface area contributed by atoms with Crippen LogP contribution in [0.4, 0.5) is 5.69 Å². The SMILES string of the molecule is COc1cn(C(CCOC(C)(C)C)C(=O)Nc2ccc3nn(C)cc3c2)c(=O)cc1-c1cc(Cl)ccc1-n1cc(Cl)nn1. The molecule has 224 valence electrons. The van der Waals surface area contributed by atoms with E-state index in [0.717, 1.165) is 10.9 Å². The smallest absolute Gasteiger partial charge is 0.252 e. The van der Waals surface area contributed by atoms with E-state index in [0.29, 0.717) is 33.3 Å². The zero-order chi connectivity index (χ0) is 30.9. The summed E-state index contributed by atoms with van der Waals surface area (Å²) in [4.78, 5) is 27.5. The van der Waals surface area contributed by atoms with Crippen LogP contribution < -0.4 is 15.6 Å². The summed E-state index contributed by atoms with van der Waals surface area (Å²) in [5.41, 5.74) is 2.15. The van der Waals surface area contributed by atoms with Crippen molar-refractivity contribution in [3.05, 3.63) is 81.6 Å². The molecule has 3 aromatic heterocycles. The summed E-state index contributed by atoms with van der Waals surface area (Å²) in [6, 6.07) is 11.1. The molecule has 0 aliphatic heterocycles. The molecule has 5 aromatic rings. The van der Waals surface area contributed by atoms with Gasteiger partial charge in [0.05, 0.1) is 36.3 Å². The molecule has 3 heterocycles. The first-order valence-corrected chi connectivity index (χ1v) is 14.2. The van der Waals surface area contributed by atoms with Crippen molar-refractivity contribution in [2.75, 3.05) is 19.0 Å². The first-order chi connectivity index (χ1) is 20.4. The van der Waals surface area contributed by atoms with Gasteiger partial charge in [-0.2, -0.15) is 5.10 Å². The molecule has 11 nitrogen and oxygen atoms in total. The van der Waals surface area contributed by atoms with Crippen molar-refractivity contribution in [2.24, 2.45) is 7.05 Å². The van der Waals surface area contributed by atoms with Gasteiger partial charge in [0.15, 0.2) is 5.15 Å².